The largest absolute Gasteiger partial charge is 0.493 e. The summed E-state index contributed by atoms with van der Waals surface area (Å²) in [5.41, 5.74) is 3.45. The molecule has 2 heterocycles. The molecule has 2 aromatic rings. The van der Waals surface area contributed by atoms with E-state index < -0.39 is 11.9 Å². The van der Waals surface area contributed by atoms with E-state index in [2.05, 4.69) is 9.97 Å². The molecule has 4 rings (SSSR count). The number of aliphatic hydroxyl groups is 1. The van der Waals surface area contributed by atoms with E-state index in [9.17, 15) is 14.7 Å². The Labute approximate surface area is 219 Å². The molecular weight excluding hydrogens is 498 g/mol. The number of hydrogen-bond acceptors (Lipinski definition) is 10. The minimum Gasteiger partial charge on any atom is -0.493 e. The first-order chi connectivity index (χ1) is 18.2. The quantitative estimate of drug-likeness (QED) is 0.429. The Kier molecular flexibility index (Phi) is 9.61. The van der Waals surface area contributed by atoms with Crippen LogP contribution in [-0.2, 0) is 9.59 Å². The summed E-state index contributed by atoms with van der Waals surface area (Å²) in [6, 6.07) is 4.26. The van der Waals surface area contributed by atoms with Crippen molar-refractivity contribution in [3.05, 3.63) is 47.2 Å². The molecule has 1 saturated carbocycles. The molecule has 0 radical (unpaired) electrons. The molecule has 0 amide bonds. The van der Waals surface area contributed by atoms with Gasteiger partial charge in [0.25, 0.3) is 0 Å². The first-order valence-corrected chi connectivity index (χ1v) is 11.9. The van der Waals surface area contributed by atoms with Crippen molar-refractivity contribution in [1.29, 1.82) is 0 Å². The third-order valence-electron chi connectivity index (χ3n) is 6.10. The monoisotopic (exact) mass is 529 g/mol. The van der Waals surface area contributed by atoms with Crippen molar-refractivity contribution in [2.24, 2.45) is 4.99 Å². The molecule has 1 aliphatic heterocycles. The molecule has 1 aromatic carbocycles. The van der Waals surface area contributed by atoms with Gasteiger partial charge < -0.3 is 34.3 Å². The second kappa shape index (κ2) is 12.9. The van der Waals surface area contributed by atoms with Gasteiger partial charge in [0.15, 0.2) is 11.5 Å². The summed E-state index contributed by atoms with van der Waals surface area (Å²) in [5.74, 6) is -0.681. The van der Waals surface area contributed by atoms with Gasteiger partial charge in [0.2, 0.25) is 5.88 Å². The number of carboxylic acids is 2. The minimum atomic E-state index is -1.26. The molecule has 204 valence electrons. The van der Waals surface area contributed by atoms with E-state index in [0.717, 1.165) is 29.7 Å². The molecule has 12 nitrogen and oxygen atoms in total. The highest BCUT2D eigenvalue weighted by Crippen LogP contribution is 2.45. The Hall–Kier alpha value is -4.19. The molecule has 0 saturated heterocycles. The lowest BCUT2D eigenvalue weighted by molar-refractivity contribution is -0.134. The molecule has 1 aliphatic carbocycles. The third-order valence-corrected chi connectivity index (χ3v) is 6.10. The van der Waals surface area contributed by atoms with Crippen LogP contribution in [0.15, 0.2) is 35.5 Å². The lowest BCUT2D eigenvalue weighted by atomic mass is 9.74. The van der Waals surface area contributed by atoms with Crippen molar-refractivity contribution in [3.8, 4) is 23.4 Å². The molecule has 1 fully saturated rings. The Morgan fingerprint density at radius 2 is 1.71 bits per heavy atom. The minimum absolute atomic E-state index is 0.0607. The highest BCUT2D eigenvalue weighted by molar-refractivity contribution is 6.16. The summed E-state index contributed by atoms with van der Waals surface area (Å²) >= 11 is 0. The van der Waals surface area contributed by atoms with E-state index in [0.29, 0.717) is 48.1 Å². The van der Waals surface area contributed by atoms with Gasteiger partial charge in [-0.15, -0.1) is 0 Å². The molecule has 3 N–H and O–H groups in total. The van der Waals surface area contributed by atoms with Gasteiger partial charge in [0, 0.05) is 29.8 Å². The Morgan fingerprint density at radius 3 is 2.29 bits per heavy atom. The Morgan fingerprint density at radius 1 is 1.00 bits per heavy atom. The van der Waals surface area contributed by atoms with Crippen molar-refractivity contribution in [2.45, 2.75) is 44.2 Å². The van der Waals surface area contributed by atoms with Gasteiger partial charge in [-0.1, -0.05) is 0 Å². The molecule has 38 heavy (non-hydrogen) atoms. The molecule has 0 spiro atoms. The van der Waals surface area contributed by atoms with Crippen LogP contribution in [-0.4, -0.2) is 83.0 Å². The normalized spacial score (nSPS) is 19.7. The highest BCUT2D eigenvalue weighted by Gasteiger charge is 2.38. The van der Waals surface area contributed by atoms with Crippen LogP contribution in [0, 0.1) is 0 Å². The van der Waals surface area contributed by atoms with Gasteiger partial charge in [-0.05, 0) is 43.9 Å². The van der Waals surface area contributed by atoms with Crippen LogP contribution in [0.4, 0.5) is 0 Å². The summed E-state index contributed by atoms with van der Waals surface area (Å²) in [7, 11) is 4.70. The topological polar surface area (TPSA) is 170 Å². The van der Waals surface area contributed by atoms with Crippen LogP contribution < -0.4 is 18.9 Å². The number of nitrogens with zero attached hydrogens (tertiary/aromatic N) is 3. The second-order valence-electron chi connectivity index (χ2n) is 8.43. The SMILES string of the molecule is CCOc1cc2c(cc1OC)C(c1cnc(OC)nc1OC)=N[C@@H]1CC[C@@H](O)C[C@H]21.O=C(O)/C=C\C(=O)O. The number of aromatic nitrogens is 2. The lowest BCUT2D eigenvalue weighted by Gasteiger charge is -2.37. The zero-order chi connectivity index (χ0) is 27.8. The fourth-order valence-electron chi connectivity index (χ4n) is 4.50. The van der Waals surface area contributed by atoms with Crippen molar-refractivity contribution in [2.75, 3.05) is 27.9 Å². The average molecular weight is 530 g/mol. The fraction of sp³-hybridized carbons (Fsp3) is 0.423. The van der Waals surface area contributed by atoms with Crippen LogP contribution in [0.3, 0.4) is 0 Å². The van der Waals surface area contributed by atoms with Crippen molar-refractivity contribution < 1.29 is 43.9 Å². The maximum atomic E-state index is 10.3. The maximum Gasteiger partial charge on any atom is 0.328 e. The highest BCUT2D eigenvalue weighted by atomic mass is 16.5. The van der Waals surface area contributed by atoms with E-state index in [-0.39, 0.29) is 24.1 Å². The predicted molar refractivity (Wildman–Crippen MR) is 136 cm³/mol. The van der Waals surface area contributed by atoms with E-state index in [4.69, 9.17) is 34.2 Å². The number of rotatable bonds is 8. The molecule has 0 unspecified atom stereocenters. The van der Waals surface area contributed by atoms with E-state index in [1.807, 2.05) is 19.1 Å². The van der Waals surface area contributed by atoms with Gasteiger partial charge in [-0.25, -0.2) is 14.6 Å². The molecule has 3 atom stereocenters. The molecule has 2 aliphatic rings. The van der Waals surface area contributed by atoms with Crippen LogP contribution in [0.1, 0.15) is 48.8 Å². The van der Waals surface area contributed by atoms with E-state index in [1.54, 1.807) is 20.4 Å². The van der Waals surface area contributed by atoms with Gasteiger partial charge in [-0.3, -0.25) is 4.99 Å². The number of aliphatic imine (C=N–C) groups is 1. The summed E-state index contributed by atoms with van der Waals surface area (Å²) in [6.45, 7) is 2.48. The molecule has 12 heteroatoms. The first-order valence-electron chi connectivity index (χ1n) is 11.9. The Bertz CT molecular complexity index is 1210. The van der Waals surface area contributed by atoms with Crippen LogP contribution >= 0.6 is 0 Å². The van der Waals surface area contributed by atoms with Gasteiger partial charge in [0.05, 0.1) is 51.4 Å². The third kappa shape index (κ3) is 6.57. The zero-order valence-electron chi connectivity index (χ0n) is 21.6. The van der Waals surface area contributed by atoms with Gasteiger partial charge >= 0.3 is 17.9 Å². The van der Waals surface area contributed by atoms with E-state index in [1.165, 1.54) is 7.11 Å². The fourth-order valence-corrected chi connectivity index (χ4v) is 4.50. The second-order valence-corrected chi connectivity index (χ2v) is 8.43. The molecule has 1 aromatic heterocycles. The number of methoxy groups -OCH3 is 3. The van der Waals surface area contributed by atoms with Crippen molar-refractivity contribution in [1.82, 2.24) is 9.97 Å². The predicted octanol–water partition coefficient (Wildman–Crippen LogP) is 2.46. The standard InChI is InChI=1S/C22H27N3O5.C4H4O4/c1-5-30-19-9-13-14-8-12(26)6-7-17(14)24-20(15(13)10-18(19)27-2)16-11-23-22(29-4)25-21(16)28-3;5-3(6)1-2-4(7)8/h9-12,14,17,26H,5-8H2,1-4H3;1-2H,(H,5,6)(H,7,8)/b;2-1-/t12-,14-,17-;/m1./s1. The number of hydrogen-bond donors (Lipinski definition) is 3. The zero-order valence-corrected chi connectivity index (χ0v) is 21.6. The van der Waals surface area contributed by atoms with Crippen LogP contribution in [0.5, 0.6) is 23.4 Å². The smallest absolute Gasteiger partial charge is 0.328 e. The first kappa shape index (κ1) is 28.4. The van der Waals surface area contributed by atoms with Gasteiger partial charge in [0.1, 0.15) is 0 Å². The van der Waals surface area contributed by atoms with Crippen molar-refractivity contribution >= 4 is 17.7 Å². The number of ether oxygens (including phenoxy) is 4. The summed E-state index contributed by atoms with van der Waals surface area (Å²) < 4.78 is 22.1. The van der Waals surface area contributed by atoms with Crippen molar-refractivity contribution in [3.63, 3.8) is 0 Å². The van der Waals surface area contributed by atoms with E-state index >= 15 is 0 Å². The molecule has 0 bridgehead atoms. The number of benzene rings is 1. The number of aliphatic hydroxyl groups excluding tert-OH is 1. The van der Waals surface area contributed by atoms with Crippen LogP contribution in [0.25, 0.3) is 0 Å². The maximum absolute atomic E-state index is 10.3. The number of carbonyl (C=O) groups is 2. The van der Waals surface area contributed by atoms with Crippen LogP contribution in [0.2, 0.25) is 0 Å². The number of carboxylic acid groups (broad SMARTS) is 2. The number of fused-ring (bicyclic) bond motifs is 3. The Balaban J connectivity index is 0.000000436. The van der Waals surface area contributed by atoms with Gasteiger partial charge in [-0.2, -0.15) is 4.98 Å². The summed E-state index contributed by atoms with van der Waals surface area (Å²) in [6.07, 6.45) is 4.68. The summed E-state index contributed by atoms with van der Waals surface area (Å²) in [5, 5.41) is 25.9. The average Bonchev–Trinajstić information content (AvgIpc) is 2.91. The summed E-state index contributed by atoms with van der Waals surface area (Å²) in [4.78, 5) is 32.8. The lowest BCUT2D eigenvalue weighted by Crippen LogP contribution is -2.34. The molecular formula is C26H31N3O9. The number of aliphatic carboxylic acids is 2.